The number of hydrogen-bond acceptors (Lipinski definition) is 4. The molecule has 180 valence electrons. The van der Waals surface area contributed by atoms with Gasteiger partial charge in [0.1, 0.15) is 28.5 Å². The minimum atomic E-state index is -1.08. The lowest BCUT2D eigenvalue weighted by atomic mass is 9.92. The molecule has 7 nitrogen and oxygen atoms in total. The molecule has 2 amide bonds. The van der Waals surface area contributed by atoms with Gasteiger partial charge in [0.25, 0.3) is 5.91 Å². The van der Waals surface area contributed by atoms with Gasteiger partial charge in [0.05, 0.1) is 25.0 Å². The second-order valence-electron chi connectivity index (χ2n) is 9.86. The third kappa shape index (κ3) is 4.19. The van der Waals surface area contributed by atoms with E-state index in [1.54, 1.807) is 11.2 Å². The summed E-state index contributed by atoms with van der Waals surface area (Å²) in [6.07, 6.45) is 9.54. The summed E-state index contributed by atoms with van der Waals surface area (Å²) in [5, 5.41) is 3.32. The first kappa shape index (κ1) is 22.6. The fraction of sp³-hybridized carbons (Fsp3) is 0.481. The molecule has 1 aliphatic carbocycles. The van der Waals surface area contributed by atoms with Crippen molar-refractivity contribution in [3.63, 3.8) is 0 Å². The van der Waals surface area contributed by atoms with E-state index in [2.05, 4.69) is 5.32 Å². The monoisotopic (exact) mass is 463 g/mol. The first-order valence-corrected chi connectivity index (χ1v) is 12.4. The minimum Gasteiger partial charge on any atom is -0.464 e. The van der Waals surface area contributed by atoms with Crippen LogP contribution in [0.25, 0.3) is 11.5 Å². The van der Waals surface area contributed by atoms with Crippen molar-refractivity contribution in [1.29, 1.82) is 0 Å². The van der Waals surface area contributed by atoms with Gasteiger partial charge >= 0.3 is 0 Å². The zero-order chi connectivity index (χ0) is 23.7. The van der Waals surface area contributed by atoms with Gasteiger partial charge in [0.2, 0.25) is 5.91 Å². The molecule has 5 rings (SSSR count). The Morgan fingerprint density at radius 2 is 1.79 bits per heavy atom. The minimum absolute atomic E-state index is 0.112. The Morgan fingerprint density at radius 3 is 2.47 bits per heavy atom. The van der Waals surface area contributed by atoms with E-state index in [4.69, 9.17) is 8.83 Å². The van der Waals surface area contributed by atoms with Gasteiger partial charge < -0.3 is 23.6 Å². The predicted octanol–water partition coefficient (Wildman–Crippen LogP) is 5.29. The standard InChI is InChI=1S/C27H33N3O4/c1-19-12-13-21(34-19)17-30-25(31)23-15-14-22(24-11-8-16-33-24)29(23)18-27(30,2)26(32)28-20-9-6-4-3-5-7-10-20/h8,11-16,20H,3-7,9-10,17-18H2,1-2H3,(H,28,32)/t27-/m0/s1. The number of rotatable bonds is 5. The van der Waals surface area contributed by atoms with Crippen LogP contribution in [0.15, 0.2) is 51.5 Å². The van der Waals surface area contributed by atoms with Crippen molar-refractivity contribution in [2.24, 2.45) is 0 Å². The number of furan rings is 2. The van der Waals surface area contributed by atoms with E-state index >= 15 is 0 Å². The third-order valence-electron chi connectivity index (χ3n) is 7.32. The number of aromatic nitrogens is 1. The number of aryl methyl sites for hydroxylation is 1. The maximum Gasteiger partial charge on any atom is 0.271 e. The van der Waals surface area contributed by atoms with Crippen LogP contribution in [0.5, 0.6) is 0 Å². The highest BCUT2D eigenvalue weighted by molar-refractivity contribution is 6.00. The van der Waals surface area contributed by atoms with E-state index in [9.17, 15) is 9.59 Å². The quantitative estimate of drug-likeness (QED) is 0.557. The van der Waals surface area contributed by atoms with Gasteiger partial charge in [0, 0.05) is 6.04 Å². The zero-order valence-corrected chi connectivity index (χ0v) is 20.0. The van der Waals surface area contributed by atoms with Crippen molar-refractivity contribution in [2.45, 2.75) is 83.5 Å². The maximum absolute atomic E-state index is 13.9. The fourth-order valence-corrected chi connectivity index (χ4v) is 5.33. The van der Waals surface area contributed by atoms with E-state index in [1.807, 2.05) is 54.8 Å². The summed E-state index contributed by atoms with van der Waals surface area (Å²) in [6, 6.07) is 11.3. The number of nitrogens with zero attached hydrogens (tertiary/aromatic N) is 2. The SMILES string of the molecule is Cc1ccc(CN2C(=O)c3ccc(-c4ccco4)n3C[C@@]2(C)C(=O)NC2CCCCCCC2)o1. The third-order valence-corrected chi connectivity index (χ3v) is 7.32. The smallest absolute Gasteiger partial charge is 0.271 e. The average Bonchev–Trinajstić information content (AvgIpc) is 3.54. The van der Waals surface area contributed by atoms with Crippen LogP contribution in [0, 0.1) is 6.92 Å². The number of fused-ring (bicyclic) bond motifs is 1. The number of carbonyl (C=O) groups excluding carboxylic acids is 2. The number of amides is 2. The molecule has 1 aliphatic heterocycles. The summed E-state index contributed by atoms with van der Waals surface area (Å²) in [4.78, 5) is 29.3. The van der Waals surface area contributed by atoms with Crippen molar-refractivity contribution in [1.82, 2.24) is 14.8 Å². The Hall–Kier alpha value is -3.22. The van der Waals surface area contributed by atoms with Crippen LogP contribution < -0.4 is 5.32 Å². The molecule has 2 aliphatic rings. The molecule has 4 heterocycles. The highest BCUT2D eigenvalue weighted by Crippen LogP contribution is 2.35. The topological polar surface area (TPSA) is 80.6 Å². The lowest BCUT2D eigenvalue weighted by molar-refractivity contribution is -0.134. The molecule has 0 unspecified atom stereocenters. The summed E-state index contributed by atoms with van der Waals surface area (Å²) < 4.78 is 13.3. The van der Waals surface area contributed by atoms with Crippen LogP contribution >= 0.6 is 0 Å². The molecule has 0 saturated heterocycles. The second-order valence-corrected chi connectivity index (χ2v) is 9.86. The first-order chi connectivity index (χ1) is 16.5. The first-order valence-electron chi connectivity index (χ1n) is 12.4. The average molecular weight is 464 g/mol. The van der Waals surface area contributed by atoms with Crippen LogP contribution in [0.2, 0.25) is 0 Å². The van der Waals surface area contributed by atoms with Crippen LogP contribution in [0.1, 0.15) is 73.9 Å². The molecular formula is C27H33N3O4. The van der Waals surface area contributed by atoms with Gasteiger partial charge in [-0.25, -0.2) is 0 Å². The molecule has 1 fully saturated rings. The van der Waals surface area contributed by atoms with Crippen molar-refractivity contribution in [2.75, 3.05) is 0 Å². The van der Waals surface area contributed by atoms with Gasteiger partial charge in [-0.3, -0.25) is 9.59 Å². The molecule has 1 atom stereocenters. The van der Waals surface area contributed by atoms with Gasteiger partial charge in [-0.2, -0.15) is 0 Å². The van der Waals surface area contributed by atoms with Crippen LogP contribution in [-0.2, 0) is 17.9 Å². The van der Waals surface area contributed by atoms with Gasteiger partial charge in [0.15, 0.2) is 0 Å². The van der Waals surface area contributed by atoms with Gasteiger partial charge in [-0.1, -0.05) is 32.1 Å². The predicted molar refractivity (Wildman–Crippen MR) is 128 cm³/mol. The summed E-state index contributed by atoms with van der Waals surface area (Å²) >= 11 is 0. The highest BCUT2D eigenvalue weighted by atomic mass is 16.3. The van der Waals surface area contributed by atoms with E-state index in [0.29, 0.717) is 23.8 Å². The van der Waals surface area contributed by atoms with Crippen molar-refractivity contribution >= 4 is 11.8 Å². The second kappa shape index (κ2) is 9.20. The molecule has 1 saturated carbocycles. The van der Waals surface area contributed by atoms with Crippen molar-refractivity contribution in [3.8, 4) is 11.5 Å². The maximum atomic E-state index is 13.9. The molecule has 0 spiro atoms. The molecule has 7 heteroatoms. The lowest BCUT2D eigenvalue weighted by Gasteiger charge is -2.44. The largest absolute Gasteiger partial charge is 0.464 e. The molecule has 3 aromatic rings. The molecule has 1 N–H and O–H groups in total. The number of nitrogens with one attached hydrogen (secondary N) is 1. The Morgan fingerprint density at radius 1 is 1.06 bits per heavy atom. The zero-order valence-electron chi connectivity index (χ0n) is 20.0. The van der Waals surface area contributed by atoms with Gasteiger partial charge in [-0.15, -0.1) is 0 Å². The van der Waals surface area contributed by atoms with Crippen LogP contribution in [0.4, 0.5) is 0 Å². The Balaban J connectivity index is 1.49. The van der Waals surface area contributed by atoms with Crippen molar-refractivity contribution < 1.29 is 18.4 Å². The summed E-state index contributed by atoms with van der Waals surface area (Å²) in [7, 11) is 0. The van der Waals surface area contributed by atoms with Crippen LogP contribution in [-0.4, -0.2) is 32.9 Å². The summed E-state index contributed by atoms with van der Waals surface area (Å²) in [5.74, 6) is 1.83. The Bertz CT molecular complexity index is 1150. The van der Waals surface area contributed by atoms with Crippen LogP contribution in [0.3, 0.4) is 0 Å². The lowest BCUT2D eigenvalue weighted by Crippen LogP contribution is -2.64. The van der Waals surface area contributed by atoms with E-state index < -0.39 is 5.54 Å². The number of carbonyl (C=O) groups is 2. The van der Waals surface area contributed by atoms with Crippen molar-refractivity contribution in [3.05, 3.63) is 59.9 Å². The molecule has 0 radical (unpaired) electrons. The molecule has 3 aromatic heterocycles. The summed E-state index contributed by atoms with van der Waals surface area (Å²) in [5.41, 5.74) is 0.269. The number of hydrogen-bond donors (Lipinski definition) is 1. The van der Waals surface area contributed by atoms with E-state index in [1.165, 1.54) is 19.3 Å². The fourth-order valence-electron chi connectivity index (χ4n) is 5.33. The Labute approximate surface area is 200 Å². The molecule has 0 bridgehead atoms. The Kier molecular flexibility index (Phi) is 6.11. The molecular weight excluding hydrogens is 430 g/mol. The normalized spacial score (nSPS) is 21.7. The summed E-state index contributed by atoms with van der Waals surface area (Å²) in [6.45, 7) is 4.33. The molecule has 34 heavy (non-hydrogen) atoms. The van der Waals surface area contributed by atoms with Gasteiger partial charge in [-0.05, 0) is 63.1 Å². The van der Waals surface area contributed by atoms with E-state index in [-0.39, 0.29) is 24.4 Å². The highest BCUT2D eigenvalue weighted by Gasteiger charge is 2.48. The van der Waals surface area contributed by atoms with E-state index in [0.717, 1.165) is 37.1 Å². The molecule has 0 aromatic carbocycles.